The van der Waals surface area contributed by atoms with Crippen molar-refractivity contribution in [3.63, 3.8) is 0 Å². The summed E-state index contributed by atoms with van der Waals surface area (Å²) in [6.07, 6.45) is 0.178. The summed E-state index contributed by atoms with van der Waals surface area (Å²) >= 11 is 7.43. The van der Waals surface area contributed by atoms with E-state index < -0.39 is 12.1 Å². The molecule has 1 aliphatic rings. The molecule has 3 rings (SSSR count). The number of benzene rings is 1. The van der Waals surface area contributed by atoms with Gasteiger partial charge in [-0.3, -0.25) is 4.79 Å². The third-order valence-electron chi connectivity index (χ3n) is 4.62. The standard InChI is InChI=1S/C21H23ClN2O5S/c1-3-28-20(26)18-14-9-10-24(21(27)29-4-2)12-16(14)30-19(18)23-17(25)11-13-7-5-6-8-15(13)22/h5-8H,3-4,9-12H2,1-2H3,(H,23,25). The second-order valence-electron chi connectivity index (χ2n) is 6.62. The number of nitrogens with zero attached hydrogens (tertiary/aromatic N) is 1. The van der Waals surface area contributed by atoms with Crippen LogP contribution in [-0.4, -0.2) is 42.6 Å². The molecule has 0 bridgehead atoms. The van der Waals surface area contributed by atoms with Crippen LogP contribution in [0.2, 0.25) is 5.02 Å². The van der Waals surface area contributed by atoms with Crippen LogP contribution in [0.5, 0.6) is 0 Å². The summed E-state index contributed by atoms with van der Waals surface area (Å²) in [7, 11) is 0. The number of fused-ring (bicyclic) bond motifs is 1. The molecule has 0 unspecified atom stereocenters. The van der Waals surface area contributed by atoms with E-state index in [1.54, 1.807) is 36.9 Å². The minimum Gasteiger partial charge on any atom is -0.462 e. The summed E-state index contributed by atoms with van der Waals surface area (Å²) in [5.74, 6) is -0.762. The van der Waals surface area contributed by atoms with E-state index in [0.29, 0.717) is 47.3 Å². The number of rotatable bonds is 6. The van der Waals surface area contributed by atoms with E-state index in [4.69, 9.17) is 21.1 Å². The van der Waals surface area contributed by atoms with Crippen molar-refractivity contribution in [2.24, 2.45) is 0 Å². The highest BCUT2D eigenvalue weighted by Gasteiger charge is 2.31. The summed E-state index contributed by atoms with van der Waals surface area (Å²) in [5.41, 5.74) is 1.88. The van der Waals surface area contributed by atoms with Gasteiger partial charge < -0.3 is 19.7 Å². The maximum Gasteiger partial charge on any atom is 0.410 e. The lowest BCUT2D eigenvalue weighted by Gasteiger charge is -2.26. The third-order valence-corrected chi connectivity index (χ3v) is 6.13. The third kappa shape index (κ3) is 4.94. The highest BCUT2D eigenvalue weighted by Crippen LogP contribution is 2.38. The summed E-state index contributed by atoms with van der Waals surface area (Å²) < 4.78 is 10.3. The highest BCUT2D eigenvalue weighted by atomic mass is 35.5. The lowest BCUT2D eigenvalue weighted by molar-refractivity contribution is -0.115. The van der Waals surface area contributed by atoms with Crippen molar-refractivity contribution in [3.8, 4) is 0 Å². The first kappa shape index (κ1) is 22.1. The topological polar surface area (TPSA) is 84.9 Å². The van der Waals surface area contributed by atoms with Crippen LogP contribution in [0.3, 0.4) is 0 Å². The molecular formula is C21H23ClN2O5S. The predicted molar refractivity (Wildman–Crippen MR) is 115 cm³/mol. The number of amides is 2. The lowest BCUT2D eigenvalue weighted by Crippen LogP contribution is -2.36. The summed E-state index contributed by atoms with van der Waals surface area (Å²) in [5, 5.41) is 3.78. The number of hydrogen-bond acceptors (Lipinski definition) is 6. The zero-order chi connectivity index (χ0) is 21.7. The Morgan fingerprint density at radius 1 is 1.17 bits per heavy atom. The highest BCUT2D eigenvalue weighted by molar-refractivity contribution is 7.17. The number of carbonyl (C=O) groups is 3. The molecule has 0 radical (unpaired) electrons. The molecule has 2 heterocycles. The molecule has 30 heavy (non-hydrogen) atoms. The number of thiophene rings is 1. The normalized spacial score (nSPS) is 12.8. The Morgan fingerprint density at radius 3 is 2.60 bits per heavy atom. The van der Waals surface area contributed by atoms with Gasteiger partial charge in [0.05, 0.1) is 31.7 Å². The van der Waals surface area contributed by atoms with Crippen molar-refractivity contribution < 1.29 is 23.9 Å². The molecule has 9 heteroatoms. The van der Waals surface area contributed by atoms with Gasteiger partial charge in [-0.05, 0) is 37.5 Å². The van der Waals surface area contributed by atoms with E-state index in [-0.39, 0.29) is 18.9 Å². The van der Waals surface area contributed by atoms with E-state index in [1.165, 1.54) is 11.3 Å². The Kier molecular flexibility index (Phi) is 7.33. The number of esters is 1. The predicted octanol–water partition coefficient (Wildman–Crippen LogP) is 4.27. The molecule has 0 fully saturated rings. The Balaban J connectivity index is 1.85. The second kappa shape index (κ2) is 9.95. The van der Waals surface area contributed by atoms with Crippen LogP contribution in [0, 0.1) is 0 Å². The molecule has 160 valence electrons. The molecule has 1 aliphatic heterocycles. The summed E-state index contributed by atoms with van der Waals surface area (Å²) in [6.45, 7) is 4.77. The second-order valence-corrected chi connectivity index (χ2v) is 8.13. The summed E-state index contributed by atoms with van der Waals surface area (Å²) in [4.78, 5) is 39.8. The molecular weight excluding hydrogens is 428 g/mol. The maximum absolute atomic E-state index is 12.6. The molecule has 0 atom stereocenters. The van der Waals surface area contributed by atoms with Gasteiger partial charge >= 0.3 is 12.1 Å². The van der Waals surface area contributed by atoms with Crippen molar-refractivity contribution in [3.05, 3.63) is 50.9 Å². The van der Waals surface area contributed by atoms with Gasteiger partial charge in [0, 0.05) is 16.4 Å². The van der Waals surface area contributed by atoms with Crippen LogP contribution < -0.4 is 5.32 Å². The lowest BCUT2D eigenvalue weighted by atomic mass is 10.0. The van der Waals surface area contributed by atoms with Gasteiger partial charge in [0.25, 0.3) is 0 Å². The van der Waals surface area contributed by atoms with E-state index in [9.17, 15) is 14.4 Å². The van der Waals surface area contributed by atoms with E-state index in [0.717, 1.165) is 10.4 Å². The van der Waals surface area contributed by atoms with Crippen LogP contribution in [-0.2, 0) is 33.7 Å². The van der Waals surface area contributed by atoms with Crippen molar-refractivity contribution in [2.75, 3.05) is 25.1 Å². The van der Waals surface area contributed by atoms with Crippen LogP contribution in [0.4, 0.5) is 9.80 Å². The number of hydrogen-bond donors (Lipinski definition) is 1. The number of halogens is 1. The zero-order valence-corrected chi connectivity index (χ0v) is 18.4. The molecule has 2 aromatic rings. The first-order chi connectivity index (χ1) is 14.4. The molecule has 2 amide bonds. The van der Waals surface area contributed by atoms with Gasteiger partial charge in [-0.1, -0.05) is 29.8 Å². The van der Waals surface area contributed by atoms with Gasteiger partial charge in [0.1, 0.15) is 5.00 Å². The smallest absolute Gasteiger partial charge is 0.410 e. The monoisotopic (exact) mass is 450 g/mol. The maximum atomic E-state index is 12.6. The minimum atomic E-state index is -0.479. The van der Waals surface area contributed by atoms with Crippen molar-refractivity contribution in [2.45, 2.75) is 33.2 Å². The first-order valence-electron chi connectivity index (χ1n) is 9.71. The largest absolute Gasteiger partial charge is 0.462 e. The fourth-order valence-electron chi connectivity index (χ4n) is 3.27. The molecule has 0 saturated heterocycles. The number of carbonyl (C=O) groups excluding carboxylic acids is 3. The SMILES string of the molecule is CCOC(=O)c1c(NC(=O)Cc2ccccc2Cl)sc2c1CCN(C(=O)OCC)C2. The van der Waals surface area contributed by atoms with Crippen LogP contribution in [0.15, 0.2) is 24.3 Å². The molecule has 1 N–H and O–H groups in total. The van der Waals surface area contributed by atoms with Crippen molar-refractivity contribution in [1.29, 1.82) is 0 Å². The Hall–Kier alpha value is -2.58. The van der Waals surface area contributed by atoms with Crippen LogP contribution in [0.1, 0.15) is 40.2 Å². The van der Waals surface area contributed by atoms with Crippen LogP contribution >= 0.6 is 22.9 Å². The van der Waals surface area contributed by atoms with Gasteiger partial charge in [-0.25, -0.2) is 9.59 Å². The minimum absolute atomic E-state index is 0.0828. The molecule has 0 saturated carbocycles. The van der Waals surface area contributed by atoms with E-state index in [2.05, 4.69) is 5.32 Å². The Morgan fingerprint density at radius 2 is 1.90 bits per heavy atom. The van der Waals surface area contributed by atoms with Crippen LogP contribution in [0.25, 0.3) is 0 Å². The van der Waals surface area contributed by atoms with Crippen molar-refractivity contribution in [1.82, 2.24) is 4.90 Å². The van der Waals surface area contributed by atoms with Gasteiger partial charge in [0.2, 0.25) is 5.91 Å². The van der Waals surface area contributed by atoms with E-state index >= 15 is 0 Å². The average molecular weight is 451 g/mol. The first-order valence-corrected chi connectivity index (χ1v) is 10.9. The average Bonchev–Trinajstić information content (AvgIpc) is 3.07. The molecule has 1 aromatic carbocycles. The number of ether oxygens (including phenoxy) is 2. The fraction of sp³-hybridized carbons (Fsp3) is 0.381. The Labute approximate surface area is 183 Å². The number of anilines is 1. The number of nitrogens with one attached hydrogen (secondary N) is 1. The molecule has 1 aromatic heterocycles. The fourth-order valence-corrected chi connectivity index (χ4v) is 4.74. The zero-order valence-electron chi connectivity index (χ0n) is 16.8. The van der Waals surface area contributed by atoms with Gasteiger partial charge in [0.15, 0.2) is 0 Å². The quantitative estimate of drug-likeness (QED) is 0.664. The summed E-state index contributed by atoms with van der Waals surface area (Å²) in [6, 6.07) is 7.12. The van der Waals surface area contributed by atoms with Crippen molar-refractivity contribution >= 4 is 45.9 Å². The molecule has 7 nitrogen and oxygen atoms in total. The van der Waals surface area contributed by atoms with E-state index in [1.807, 2.05) is 6.07 Å². The van der Waals surface area contributed by atoms with Gasteiger partial charge in [-0.15, -0.1) is 11.3 Å². The Bertz CT molecular complexity index is 959. The molecule has 0 aliphatic carbocycles. The molecule has 0 spiro atoms. The van der Waals surface area contributed by atoms with Gasteiger partial charge in [-0.2, -0.15) is 0 Å².